The average Bonchev–Trinajstić information content (AvgIpc) is 2.44. The van der Waals surface area contributed by atoms with Crippen LogP contribution in [0.3, 0.4) is 0 Å². The Balaban J connectivity index is 2.25. The molecule has 4 nitrogen and oxygen atoms in total. The van der Waals surface area contributed by atoms with E-state index in [-0.39, 0.29) is 12.1 Å². The zero-order valence-corrected chi connectivity index (χ0v) is 10.2. The average molecular weight is 242 g/mol. The summed E-state index contributed by atoms with van der Waals surface area (Å²) in [6.07, 6.45) is 5.29. The molecule has 1 atom stereocenters. The highest BCUT2D eigenvalue weighted by Gasteiger charge is 2.12. The maximum absolute atomic E-state index is 11.9. The molecule has 1 heterocycles. The molecule has 92 valence electrons. The van der Waals surface area contributed by atoms with Gasteiger partial charge in [0.1, 0.15) is 6.10 Å². The Morgan fingerprint density at radius 1 is 1.39 bits per heavy atom. The minimum Gasteiger partial charge on any atom is -0.455 e. The number of benzene rings is 1. The van der Waals surface area contributed by atoms with E-state index >= 15 is 0 Å². The van der Waals surface area contributed by atoms with Gasteiger partial charge in [0.15, 0.2) is 0 Å². The van der Waals surface area contributed by atoms with Gasteiger partial charge in [-0.2, -0.15) is 0 Å². The van der Waals surface area contributed by atoms with Crippen molar-refractivity contribution in [1.82, 2.24) is 9.97 Å². The highest BCUT2D eigenvalue weighted by Crippen LogP contribution is 2.13. The number of hydrogen-bond acceptors (Lipinski definition) is 4. The predicted octanol–water partition coefficient (Wildman–Crippen LogP) is 2.75. The fourth-order valence-electron chi connectivity index (χ4n) is 1.59. The molecule has 0 radical (unpaired) electrons. The first-order valence-electron chi connectivity index (χ1n) is 5.79. The summed E-state index contributed by atoms with van der Waals surface area (Å²) in [4.78, 5) is 20.2. The summed E-state index contributed by atoms with van der Waals surface area (Å²) in [5.74, 6) is -0.366. The van der Waals surface area contributed by atoms with E-state index in [0.29, 0.717) is 17.5 Å². The van der Waals surface area contributed by atoms with E-state index in [0.717, 1.165) is 5.52 Å². The van der Waals surface area contributed by atoms with Gasteiger partial charge < -0.3 is 4.74 Å². The molecule has 1 aromatic heterocycles. The molecule has 0 fully saturated rings. The molecular weight excluding hydrogens is 228 g/mol. The molecule has 1 aromatic carbocycles. The van der Waals surface area contributed by atoms with Gasteiger partial charge in [0.05, 0.1) is 16.6 Å². The van der Waals surface area contributed by atoms with Crippen LogP contribution in [0.5, 0.6) is 0 Å². The van der Waals surface area contributed by atoms with Crippen molar-refractivity contribution < 1.29 is 9.53 Å². The quantitative estimate of drug-likeness (QED) is 0.611. The lowest BCUT2D eigenvalue weighted by molar-refractivity contribution is 0.0389. The summed E-state index contributed by atoms with van der Waals surface area (Å²) in [5.41, 5.74) is 1.91. The number of carbonyl (C=O) groups is 1. The van der Waals surface area contributed by atoms with E-state index in [2.05, 4.69) is 16.5 Å². The van der Waals surface area contributed by atoms with Crippen LogP contribution in [0, 0.1) is 0 Å². The molecule has 0 amide bonds. The van der Waals surface area contributed by atoms with Gasteiger partial charge in [-0.15, -0.1) is 0 Å². The minimum absolute atomic E-state index is 0.255. The van der Waals surface area contributed by atoms with Gasteiger partial charge in [-0.1, -0.05) is 19.6 Å². The zero-order valence-electron chi connectivity index (χ0n) is 10.2. The van der Waals surface area contributed by atoms with E-state index in [1.54, 1.807) is 36.7 Å². The Hall–Kier alpha value is -2.23. The van der Waals surface area contributed by atoms with Crippen LogP contribution in [0.2, 0.25) is 0 Å². The van der Waals surface area contributed by atoms with Gasteiger partial charge in [-0.25, -0.2) is 4.79 Å². The number of nitrogens with zero attached hydrogens (tertiary/aromatic N) is 2. The van der Waals surface area contributed by atoms with Gasteiger partial charge >= 0.3 is 5.97 Å². The monoisotopic (exact) mass is 242 g/mol. The van der Waals surface area contributed by atoms with Crippen LogP contribution in [0.15, 0.2) is 43.2 Å². The molecule has 4 heteroatoms. The van der Waals surface area contributed by atoms with E-state index in [9.17, 15) is 4.79 Å². The second kappa shape index (κ2) is 5.40. The van der Waals surface area contributed by atoms with Gasteiger partial charge in [0, 0.05) is 12.4 Å². The Morgan fingerprint density at radius 2 is 2.11 bits per heavy atom. The van der Waals surface area contributed by atoms with Crippen molar-refractivity contribution in [2.75, 3.05) is 0 Å². The second-order valence-corrected chi connectivity index (χ2v) is 3.85. The normalized spacial score (nSPS) is 12.1. The molecule has 0 aliphatic carbocycles. The van der Waals surface area contributed by atoms with Crippen molar-refractivity contribution in [1.29, 1.82) is 0 Å². The number of esters is 1. The van der Waals surface area contributed by atoms with Crippen LogP contribution in [-0.2, 0) is 4.74 Å². The van der Waals surface area contributed by atoms with Crippen LogP contribution in [0.4, 0.5) is 0 Å². The molecule has 2 rings (SSSR count). The molecule has 0 bridgehead atoms. The standard InChI is InChI=1S/C14H14N2O2/c1-3-11(4-2)18-14(17)10-5-6-12-13(9-10)16-8-7-15-12/h3,5-9,11H,1,4H2,2H3/t11-/m1/s1. The Bertz CT molecular complexity index is 581. The largest absolute Gasteiger partial charge is 0.455 e. The summed E-state index contributed by atoms with van der Waals surface area (Å²) >= 11 is 0. The minimum atomic E-state index is -0.366. The fourth-order valence-corrected chi connectivity index (χ4v) is 1.59. The van der Waals surface area contributed by atoms with Crippen molar-refractivity contribution in [3.8, 4) is 0 Å². The summed E-state index contributed by atoms with van der Waals surface area (Å²) in [5, 5.41) is 0. The lowest BCUT2D eigenvalue weighted by atomic mass is 10.2. The number of ether oxygens (including phenoxy) is 1. The van der Waals surface area contributed by atoms with Crippen LogP contribution >= 0.6 is 0 Å². The Labute approximate surface area is 105 Å². The van der Waals surface area contributed by atoms with Crippen molar-refractivity contribution >= 4 is 17.0 Å². The maximum atomic E-state index is 11.9. The summed E-state index contributed by atoms with van der Waals surface area (Å²) in [7, 11) is 0. The molecule has 0 aliphatic heterocycles. The van der Waals surface area contributed by atoms with Gasteiger partial charge in [-0.05, 0) is 24.6 Å². The first-order valence-corrected chi connectivity index (χ1v) is 5.79. The smallest absolute Gasteiger partial charge is 0.338 e. The number of aromatic nitrogens is 2. The lowest BCUT2D eigenvalue weighted by Crippen LogP contribution is -2.15. The molecule has 0 unspecified atom stereocenters. The van der Waals surface area contributed by atoms with E-state index in [1.165, 1.54) is 0 Å². The molecule has 0 spiro atoms. The van der Waals surface area contributed by atoms with Crippen LogP contribution in [0.1, 0.15) is 23.7 Å². The zero-order chi connectivity index (χ0) is 13.0. The van der Waals surface area contributed by atoms with Gasteiger partial charge in [0.25, 0.3) is 0 Å². The van der Waals surface area contributed by atoms with E-state index in [4.69, 9.17) is 4.74 Å². The highest BCUT2D eigenvalue weighted by atomic mass is 16.5. The predicted molar refractivity (Wildman–Crippen MR) is 69.2 cm³/mol. The maximum Gasteiger partial charge on any atom is 0.338 e. The first kappa shape index (κ1) is 12.2. The summed E-state index contributed by atoms with van der Waals surface area (Å²) < 4.78 is 5.28. The van der Waals surface area contributed by atoms with E-state index < -0.39 is 0 Å². The molecule has 0 N–H and O–H groups in total. The molecule has 18 heavy (non-hydrogen) atoms. The van der Waals surface area contributed by atoms with Crippen molar-refractivity contribution in [3.63, 3.8) is 0 Å². The SMILES string of the molecule is C=C[C@H](CC)OC(=O)c1ccc2nccnc2c1. The van der Waals surface area contributed by atoms with Gasteiger partial charge in [0.2, 0.25) is 0 Å². The van der Waals surface area contributed by atoms with Crippen LogP contribution < -0.4 is 0 Å². The van der Waals surface area contributed by atoms with Crippen LogP contribution in [0.25, 0.3) is 11.0 Å². The third-order valence-electron chi connectivity index (χ3n) is 2.63. The number of rotatable bonds is 4. The highest BCUT2D eigenvalue weighted by molar-refractivity contribution is 5.93. The van der Waals surface area contributed by atoms with Gasteiger partial charge in [-0.3, -0.25) is 9.97 Å². The third kappa shape index (κ3) is 2.53. The second-order valence-electron chi connectivity index (χ2n) is 3.85. The molecule has 2 aromatic rings. The summed E-state index contributed by atoms with van der Waals surface area (Å²) in [6.45, 7) is 5.56. The fraction of sp³-hybridized carbons (Fsp3) is 0.214. The lowest BCUT2D eigenvalue weighted by Gasteiger charge is -2.11. The first-order chi connectivity index (χ1) is 8.74. The molecule has 0 saturated carbocycles. The van der Waals surface area contributed by atoms with Crippen molar-refractivity contribution in [2.45, 2.75) is 19.4 Å². The van der Waals surface area contributed by atoms with Crippen molar-refractivity contribution in [3.05, 3.63) is 48.8 Å². The topological polar surface area (TPSA) is 52.1 Å². The molecular formula is C14H14N2O2. The molecule has 0 saturated heterocycles. The number of carbonyl (C=O) groups excluding carboxylic acids is 1. The summed E-state index contributed by atoms with van der Waals surface area (Å²) in [6, 6.07) is 5.13. The Morgan fingerprint density at radius 3 is 2.78 bits per heavy atom. The Kier molecular flexibility index (Phi) is 3.67. The van der Waals surface area contributed by atoms with Crippen LogP contribution in [-0.4, -0.2) is 22.0 Å². The van der Waals surface area contributed by atoms with E-state index in [1.807, 2.05) is 6.92 Å². The number of fused-ring (bicyclic) bond motifs is 1. The number of hydrogen-bond donors (Lipinski definition) is 0. The molecule has 0 aliphatic rings. The van der Waals surface area contributed by atoms with Crippen molar-refractivity contribution in [2.24, 2.45) is 0 Å². The third-order valence-corrected chi connectivity index (χ3v) is 2.63.